The van der Waals surface area contributed by atoms with E-state index in [0.29, 0.717) is 0 Å². The van der Waals surface area contributed by atoms with Crippen molar-refractivity contribution >= 4 is 28.9 Å². The number of nitrogens with one attached hydrogen (secondary N) is 1. The van der Waals surface area contributed by atoms with Crippen molar-refractivity contribution < 1.29 is 13.6 Å². The first kappa shape index (κ1) is 13.3. The molecule has 0 bridgehead atoms. The molecular formula is C13H9ClF2N2O. The number of anilines is 2. The summed E-state index contributed by atoms with van der Waals surface area (Å²) in [6, 6.07) is 7.15. The van der Waals surface area contributed by atoms with Crippen molar-refractivity contribution in [2.24, 2.45) is 0 Å². The van der Waals surface area contributed by atoms with E-state index in [-0.39, 0.29) is 22.0 Å². The Kier molecular flexibility index (Phi) is 3.66. The van der Waals surface area contributed by atoms with Crippen LogP contribution < -0.4 is 11.1 Å². The highest BCUT2D eigenvalue weighted by atomic mass is 35.5. The minimum absolute atomic E-state index is 0.128. The van der Waals surface area contributed by atoms with E-state index < -0.39 is 17.5 Å². The van der Waals surface area contributed by atoms with Crippen molar-refractivity contribution in [1.29, 1.82) is 0 Å². The third kappa shape index (κ3) is 3.20. The standard InChI is InChI=1S/C13H9ClF2N2O/c14-7-3-8(15)5-10(4-7)18-13(19)11-6-9(17)1-2-12(11)16/h1-6H,17H2,(H,18,19). The van der Waals surface area contributed by atoms with Crippen LogP contribution in [0, 0.1) is 11.6 Å². The molecule has 6 heteroatoms. The maximum absolute atomic E-state index is 13.5. The molecule has 0 unspecified atom stereocenters. The van der Waals surface area contributed by atoms with Gasteiger partial charge in [-0.1, -0.05) is 11.6 Å². The predicted octanol–water partition coefficient (Wildman–Crippen LogP) is 3.45. The SMILES string of the molecule is Nc1ccc(F)c(C(=O)Nc2cc(F)cc(Cl)c2)c1. The summed E-state index contributed by atoms with van der Waals surface area (Å²) in [6.07, 6.45) is 0. The first-order chi connectivity index (χ1) is 8.95. The van der Waals surface area contributed by atoms with Crippen molar-refractivity contribution in [3.8, 4) is 0 Å². The topological polar surface area (TPSA) is 55.1 Å². The molecule has 0 radical (unpaired) electrons. The van der Waals surface area contributed by atoms with Crippen molar-refractivity contribution in [3.63, 3.8) is 0 Å². The molecule has 3 N–H and O–H groups in total. The zero-order chi connectivity index (χ0) is 14.0. The van der Waals surface area contributed by atoms with E-state index in [4.69, 9.17) is 17.3 Å². The van der Waals surface area contributed by atoms with Gasteiger partial charge in [0.15, 0.2) is 0 Å². The molecule has 0 fully saturated rings. The second kappa shape index (κ2) is 5.24. The van der Waals surface area contributed by atoms with Gasteiger partial charge in [-0.3, -0.25) is 4.79 Å². The lowest BCUT2D eigenvalue weighted by molar-refractivity contribution is 0.102. The summed E-state index contributed by atoms with van der Waals surface area (Å²) >= 11 is 5.65. The monoisotopic (exact) mass is 282 g/mol. The van der Waals surface area contributed by atoms with E-state index in [9.17, 15) is 13.6 Å². The number of hydrogen-bond acceptors (Lipinski definition) is 2. The minimum atomic E-state index is -0.730. The number of rotatable bonds is 2. The summed E-state index contributed by atoms with van der Waals surface area (Å²) < 4.78 is 26.6. The molecule has 0 aliphatic rings. The van der Waals surface area contributed by atoms with Gasteiger partial charge >= 0.3 is 0 Å². The molecule has 0 aliphatic heterocycles. The van der Waals surface area contributed by atoms with Crippen LogP contribution >= 0.6 is 11.6 Å². The van der Waals surface area contributed by atoms with Gasteiger partial charge in [-0.05, 0) is 36.4 Å². The minimum Gasteiger partial charge on any atom is -0.399 e. The molecule has 0 heterocycles. The second-order valence-electron chi connectivity index (χ2n) is 3.85. The molecule has 2 aromatic carbocycles. The number of carbonyl (C=O) groups excluding carboxylic acids is 1. The number of hydrogen-bond donors (Lipinski definition) is 2. The Hall–Kier alpha value is -2.14. The summed E-state index contributed by atoms with van der Waals surface area (Å²) in [7, 11) is 0. The van der Waals surface area contributed by atoms with E-state index in [2.05, 4.69) is 5.32 Å². The average molecular weight is 283 g/mol. The van der Waals surface area contributed by atoms with Crippen LogP contribution in [0.25, 0.3) is 0 Å². The normalized spacial score (nSPS) is 10.3. The lowest BCUT2D eigenvalue weighted by Gasteiger charge is -2.07. The molecular weight excluding hydrogens is 274 g/mol. The van der Waals surface area contributed by atoms with E-state index in [1.54, 1.807) is 0 Å². The van der Waals surface area contributed by atoms with Crippen LogP contribution in [0.5, 0.6) is 0 Å². The molecule has 0 aliphatic carbocycles. The Labute approximate surface area is 113 Å². The third-order valence-corrected chi connectivity index (χ3v) is 2.57. The maximum atomic E-state index is 13.5. The van der Waals surface area contributed by atoms with E-state index >= 15 is 0 Å². The summed E-state index contributed by atoms with van der Waals surface area (Å²) in [5.41, 5.74) is 5.65. The number of amides is 1. The fourth-order valence-corrected chi connectivity index (χ4v) is 1.76. The van der Waals surface area contributed by atoms with Gasteiger partial charge in [0.05, 0.1) is 5.56 Å². The number of nitrogen functional groups attached to an aromatic ring is 1. The van der Waals surface area contributed by atoms with Gasteiger partial charge in [0.25, 0.3) is 5.91 Å². The van der Waals surface area contributed by atoms with Crippen LogP contribution in [-0.2, 0) is 0 Å². The van der Waals surface area contributed by atoms with Crippen LogP contribution in [-0.4, -0.2) is 5.91 Å². The Balaban J connectivity index is 2.28. The molecule has 0 atom stereocenters. The highest BCUT2D eigenvalue weighted by molar-refractivity contribution is 6.31. The van der Waals surface area contributed by atoms with Crippen molar-refractivity contribution in [2.75, 3.05) is 11.1 Å². The van der Waals surface area contributed by atoms with Gasteiger partial charge in [0.1, 0.15) is 11.6 Å². The van der Waals surface area contributed by atoms with Crippen LogP contribution in [0.1, 0.15) is 10.4 Å². The molecule has 19 heavy (non-hydrogen) atoms. The first-order valence-corrected chi connectivity index (χ1v) is 5.66. The van der Waals surface area contributed by atoms with Crippen LogP contribution in [0.4, 0.5) is 20.2 Å². The van der Waals surface area contributed by atoms with Gasteiger partial charge < -0.3 is 11.1 Å². The summed E-state index contributed by atoms with van der Waals surface area (Å²) in [4.78, 5) is 11.8. The van der Waals surface area contributed by atoms with Crippen LogP contribution in [0.3, 0.4) is 0 Å². The van der Waals surface area contributed by atoms with Gasteiger partial charge in [0, 0.05) is 16.4 Å². The Morgan fingerprint density at radius 2 is 1.89 bits per heavy atom. The molecule has 0 saturated carbocycles. The van der Waals surface area contributed by atoms with Gasteiger partial charge in [-0.2, -0.15) is 0 Å². The van der Waals surface area contributed by atoms with Gasteiger partial charge in [-0.15, -0.1) is 0 Å². The van der Waals surface area contributed by atoms with E-state index in [1.165, 1.54) is 18.2 Å². The molecule has 0 aromatic heterocycles. The quantitative estimate of drug-likeness (QED) is 0.829. The number of benzene rings is 2. The highest BCUT2D eigenvalue weighted by Gasteiger charge is 2.13. The van der Waals surface area contributed by atoms with E-state index in [0.717, 1.165) is 18.2 Å². The molecule has 2 aromatic rings. The van der Waals surface area contributed by atoms with Crippen LogP contribution in [0.15, 0.2) is 36.4 Å². The fraction of sp³-hybridized carbons (Fsp3) is 0. The first-order valence-electron chi connectivity index (χ1n) is 5.28. The van der Waals surface area contributed by atoms with E-state index in [1.807, 2.05) is 0 Å². The van der Waals surface area contributed by atoms with Gasteiger partial charge in [-0.25, -0.2) is 8.78 Å². The van der Waals surface area contributed by atoms with Gasteiger partial charge in [0.2, 0.25) is 0 Å². The van der Waals surface area contributed by atoms with Crippen molar-refractivity contribution in [3.05, 3.63) is 58.6 Å². The smallest absolute Gasteiger partial charge is 0.258 e. The number of nitrogens with two attached hydrogens (primary N) is 1. The molecule has 3 nitrogen and oxygen atoms in total. The molecule has 1 amide bonds. The Morgan fingerprint density at radius 3 is 2.58 bits per heavy atom. The third-order valence-electron chi connectivity index (χ3n) is 2.36. The second-order valence-corrected chi connectivity index (χ2v) is 4.29. The average Bonchev–Trinajstić information content (AvgIpc) is 2.30. The fourth-order valence-electron chi connectivity index (χ4n) is 1.54. The lowest BCUT2D eigenvalue weighted by Crippen LogP contribution is -2.14. The summed E-state index contributed by atoms with van der Waals surface area (Å²) in [5.74, 6) is -2.04. The van der Waals surface area contributed by atoms with Crippen molar-refractivity contribution in [2.45, 2.75) is 0 Å². The summed E-state index contributed by atoms with van der Waals surface area (Å²) in [6.45, 7) is 0. The Bertz CT molecular complexity index is 626. The predicted molar refractivity (Wildman–Crippen MR) is 70.2 cm³/mol. The largest absolute Gasteiger partial charge is 0.399 e. The zero-order valence-electron chi connectivity index (χ0n) is 9.58. The zero-order valence-corrected chi connectivity index (χ0v) is 10.3. The number of halogens is 3. The number of carbonyl (C=O) groups is 1. The summed E-state index contributed by atoms with van der Waals surface area (Å²) in [5, 5.41) is 2.48. The maximum Gasteiger partial charge on any atom is 0.258 e. The molecule has 0 spiro atoms. The molecule has 98 valence electrons. The lowest BCUT2D eigenvalue weighted by atomic mass is 10.1. The molecule has 0 saturated heterocycles. The molecule has 2 rings (SSSR count). The van der Waals surface area contributed by atoms with Crippen molar-refractivity contribution in [1.82, 2.24) is 0 Å². The Morgan fingerprint density at radius 1 is 1.16 bits per heavy atom. The van der Waals surface area contributed by atoms with Crippen LogP contribution in [0.2, 0.25) is 5.02 Å². The highest BCUT2D eigenvalue weighted by Crippen LogP contribution is 2.20.